The number of aryl methyl sites for hydroxylation is 7. The van der Waals surface area contributed by atoms with E-state index in [0.29, 0.717) is 11.1 Å². The molecular formula is C86H76FN9. The highest BCUT2D eigenvalue weighted by atomic mass is 19.1. The summed E-state index contributed by atoms with van der Waals surface area (Å²) in [6, 6.07) is 76.4. The minimum Gasteiger partial charge on any atom is -0.265 e. The minimum absolute atomic E-state index is 0.171. The number of para-hydroxylation sites is 4. The molecule has 0 saturated heterocycles. The SMILES string of the molecule is C1=C(c2ccncc2)N=C(CCc2ccc3ccccc3n2)C1.Cc1cccc(C2=CCC(CCc3ccc4ccccc4n3)=N2)c1.Cc1cccc(C2=CCC(CCc3ccc4ccccc4n3)=N2)c1F.Cc1ccccc1C1=CCC(CCc2ccc3ccccc3n2)=N1. The van der Waals surface area contributed by atoms with Crippen molar-refractivity contribution >= 4 is 89.2 Å². The number of allylic oxidation sites excluding steroid dienone is 4. The standard InChI is InChI=1S/C22H19FN2.2C22H20N2.C20H17N3/c1-15-5-4-7-19(22(15)23)21-14-13-18(25-21)12-11-17-10-9-16-6-2-3-8-20(16)24-17;1-16-6-2-4-8-20(16)22-15-14-19(24-22)13-12-18-11-10-17-7-3-5-9-21(17)23-18;1-16-5-4-7-18(15-16)22-14-13-20(24-22)12-11-19-10-9-17-6-2-3-8-21(17)23-19;1-2-4-19-15(3-1)5-6-17(22-19)7-8-18-9-10-20(23-18)16-11-13-21-14-12-16/h2-10,14H,11-13H2,1H3;2-11,15H,12-14H2,1H3;2-10,14-15H,11-13H2,1H3;1-6,10-14H,7-9H2. The van der Waals surface area contributed by atoms with Gasteiger partial charge in [0.25, 0.3) is 0 Å². The highest BCUT2D eigenvalue weighted by molar-refractivity contribution is 5.98. The Morgan fingerprint density at radius 1 is 0.302 bits per heavy atom. The van der Waals surface area contributed by atoms with E-state index in [4.69, 9.17) is 34.9 Å². The van der Waals surface area contributed by atoms with Crippen molar-refractivity contribution in [2.75, 3.05) is 0 Å². The van der Waals surface area contributed by atoms with Gasteiger partial charge in [-0.25, -0.2) is 4.39 Å². The Bertz CT molecular complexity index is 5070. The fourth-order valence-electron chi connectivity index (χ4n) is 12.4. The number of benzene rings is 7. The molecule has 96 heavy (non-hydrogen) atoms. The van der Waals surface area contributed by atoms with Crippen LogP contribution in [0.4, 0.5) is 4.39 Å². The van der Waals surface area contributed by atoms with E-state index in [1.807, 2.05) is 79.1 Å². The van der Waals surface area contributed by atoms with Crippen LogP contribution in [0.1, 0.15) is 113 Å². The molecule has 0 saturated carbocycles. The molecule has 7 aromatic carbocycles. The Kier molecular flexibility index (Phi) is 20.4. The van der Waals surface area contributed by atoms with Crippen LogP contribution < -0.4 is 0 Å². The molecule has 4 aliphatic heterocycles. The fraction of sp³-hybridized carbons (Fsp3) is 0.174. The summed E-state index contributed by atoms with van der Waals surface area (Å²) in [6.45, 7) is 6.04. The molecule has 472 valence electrons. The molecule has 10 heteroatoms. The van der Waals surface area contributed by atoms with Crippen LogP contribution in [0.25, 0.3) is 66.4 Å². The van der Waals surface area contributed by atoms with Gasteiger partial charge in [0, 0.05) is 127 Å². The first-order valence-electron chi connectivity index (χ1n) is 33.4. The van der Waals surface area contributed by atoms with E-state index in [1.165, 1.54) is 55.5 Å². The maximum Gasteiger partial charge on any atom is 0.135 e. The summed E-state index contributed by atoms with van der Waals surface area (Å²) in [4.78, 5) is 42.1. The first-order chi connectivity index (χ1) is 47.2. The number of aromatic nitrogens is 5. The number of nitrogens with zero attached hydrogens (tertiary/aromatic N) is 9. The van der Waals surface area contributed by atoms with Crippen molar-refractivity contribution in [3.8, 4) is 0 Å². The van der Waals surface area contributed by atoms with E-state index in [2.05, 4.69) is 194 Å². The topological polar surface area (TPSA) is 114 Å². The van der Waals surface area contributed by atoms with Crippen LogP contribution in [-0.2, 0) is 25.7 Å². The van der Waals surface area contributed by atoms with Crippen molar-refractivity contribution in [2.24, 2.45) is 20.0 Å². The third kappa shape index (κ3) is 16.4. The van der Waals surface area contributed by atoms with Crippen molar-refractivity contribution in [1.82, 2.24) is 24.9 Å². The largest absolute Gasteiger partial charge is 0.265 e. The Hall–Kier alpha value is -11.1. The second-order valence-corrected chi connectivity index (χ2v) is 24.7. The molecule has 0 radical (unpaired) electrons. The molecule has 0 atom stereocenters. The number of pyridine rings is 5. The van der Waals surface area contributed by atoms with E-state index in [9.17, 15) is 4.39 Å². The second kappa shape index (κ2) is 30.8. The van der Waals surface area contributed by atoms with Crippen molar-refractivity contribution in [2.45, 2.75) is 97.8 Å². The molecular weight excluding hydrogens is 1180 g/mol. The number of rotatable bonds is 16. The van der Waals surface area contributed by atoms with E-state index < -0.39 is 0 Å². The monoisotopic (exact) mass is 1250 g/mol. The Labute approximate surface area is 561 Å². The normalized spacial score (nSPS) is 13.9. The lowest BCUT2D eigenvalue weighted by molar-refractivity contribution is 0.614. The molecule has 0 bridgehead atoms. The van der Waals surface area contributed by atoms with Gasteiger partial charge in [0.05, 0.1) is 44.9 Å². The van der Waals surface area contributed by atoms with Gasteiger partial charge in [0.15, 0.2) is 0 Å². The third-order valence-electron chi connectivity index (χ3n) is 17.7. The average molecular weight is 1250 g/mol. The van der Waals surface area contributed by atoms with E-state index >= 15 is 0 Å². The summed E-state index contributed by atoms with van der Waals surface area (Å²) >= 11 is 0. The highest BCUT2D eigenvalue weighted by Crippen LogP contribution is 2.31. The highest BCUT2D eigenvalue weighted by Gasteiger charge is 2.18. The van der Waals surface area contributed by atoms with Crippen molar-refractivity contribution < 1.29 is 4.39 Å². The van der Waals surface area contributed by atoms with Gasteiger partial charge in [-0.2, -0.15) is 0 Å². The summed E-state index contributed by atoms with van der Waals surface area (Å²) in [5.41, 5.74) is 25.0. The van der Waals surface area contributed by atoms with Crippen LogP contribution in [-0.4, -0.2) is 47.8 Å². The number of fused-ring (bicyclic) bond motifs is 4. The molecule has 0 amide bonds. The molecule has 0 aliphatic carbocycles. The lowest BCUT2D eigenvalue weighted by Gasteiger charge is -2.05. The van der Waals surface area contributed by atoms with Gasteiger partial charge in [-0.3, -0.25) is 44.9 Å². The van der Waals surface area contributed by atoms with Gasteiger partial charge >= 0.3 is 0 Å². The first kappa shape index (κ1) is 63.6. The smallest absolute Gasteiger partial charge is 0.135 e. The molecule has 9 heterocycles. The van der Waals surface area contributed by atoms with E-state index in [0.717, 1.165) is 161 Å². The van der Waals surface area contributed by atoms with E-state index in [1.54, 1.807) is 19.1 Å². The molecule has 5 aromatic heterocycles. The number of hydrogen-bond donors (Lipinski definition) is 0. The molecule has 0 fully saturated rings. The fourth-order valence-corrected chi connectivity index (χ4v) is 12.4. The van der Waals surface area contributed by atoms with Gasteiger partial charge in [0.1, 0.15) is 5.82 Å². The minimum atomic E-state index is -0.171. The predicted octanol–water partition coefficient (Wildman–Crippen LogP) is 20.7. The van der Waals surface area contributed by atoms with Crippen LogP contribution in [0.15, 0.2) is 281 Å². The molecule has 0 spiro atoms. The quantitative estimate of drug-likeness (QED) is 0.0956. The third-order valence-corrected chi connectivity index (χ3v) is 17.7. The summed E-state index contributed by atoms with van der Waals surface area (Å²) in [7, 11) is 0. The van der Waals surface area contributed by atoms with Gasteiger partial charge < -0.3 is 0 Å². The number of aliphatic imine (C=N–C) groups is 4. The number of hydrogen-bond acceptors (Lipinski definition) is 9. The van der Waals surface area contributed by atoms with Crippen LogP contribution >= 0.6 is 0 Å². The van der Waals surface area contributed by atoms with Crippen LogP contribution in [0.3, 0.4) is 0 Å². The Morgan fingerprint density at radius 2 is 0.656 bits per heavy atom. The molecule has 4 aliphatic rings. The van der Waals surface area contributed by atoms with Gasteiger partial charge in [-0.15, -0.1) is 0 Å². The summed E-state index contributed by atoms with van der Waals surface area (Å²) < 4.78 is 14.3. The average Bonchev–Trinajstić information content (AvgIpc) is 1.87. The Morgan fingerprint density at radius 3 is 1.09 bits per heavy atom. The summed E-state index contributed by atoms with van der Waals surface area (Å²) in [5, 5.41) is 4.74. The maximum atomic E-state index is 14.3. The molecule has 16 rings (SSSR count). The lowest BCUT2D eigenvalue weighted by Crippen LogP contribution is -1.99. The zero-order valence-electron chi connectivity index (χ0n) is 54.7. The van der Waals surface area contributed by atoms with E-state index in [-0.39, 0.29) is 5.82 Å². The molecule has 12 aromatic rings. The predicted molar refractivity (Wildman–Crippen MR) is 398 cm³/mol. The lowest BCUT2D eigenvalue weighted by atomic mass is 10.1. The number of halogens is 1. The second-order valence-electron chi connectivity index (χ2n) is 24.7. The summed E-state index contributed by atoms with van der Waals surface area (Å²) in [6.07, 6.45) is 23.3. The van der Waals surface area contributed by atoms with Crippen LogP contribution in [0.2, 0.25) is 0 Å². The van der Waals surface area contributed by atoms with Crippen molar-refractivity contribution in [3.63, 3.8) is 0 Å². The first-order valence-corrected chi connectivity index (χ1v) is 33.4. The van der Waals surface area contributed by atoms with Crippen molar-refractivity contribution in [3.05, 3.63) is 329 Å². The molecule has 9 nitrogen and oxygen atoms in total. The zero-order valence-corrected chi connectivity index (χ0v) is 54.7. The summed E-state index contributed by atoms with van der Waals surface area (Å²) in [5.74, 6) is -0.171. The zero-order chi connectivity index (χ0) is 65.4. The van der Waals surface area contributed by atoms with Gasteiger partial charge in [-0.1, -0.05) is 182 Å². The maximum absolute atomic E-state index is 14.3. The molecule has 0 unspecified atom stereocenters. The van der Waals surface area contributed by atoms with Crippen molar-refractivity contribution in [1.29, 1.82) is 0 Å². The Balaban J connectivity index is 0.000000116. The van der Waals surface area contributed by atoms with Crippen LogP contribution in [0, 0.1) is 26.6 Å². The van der Waals surface area contributed by atoms with Gasteiger partial charge in [-0.05, 0) is 156 Å². The molecule has 0 N–H and O–H groups in total. The van der Waals surface area contributed by atoms with Crippen LogP contribution in [0.5, 0.6) is 0 Å². The van der Waals surface area contributed by atoms with Gasteiger partial charge in [0.2, 0.25) is 0 Å².